The van der Waals surface area contributed by atoms with Gasteiger partial charge < -0.3 is 4.98 Å². The fourth-order valence-electron chi connectivity index (χ4n) is 1.74. The summed E-state index contributed by atoms with van der Waals surface area (Å²) in [6, 6.07) is 3.84. The quantitative estimate of drug-likeness (QED) is 0.881. The van der Waals surface area contributed by atoms with E-state index in [1.54, 1.807) is 0 Å². The third-order valence-corrected chi connectivity index (χ3v) is 4.14. The second kappa shape index (κ2) is 4.60. The molecule has 2 N–H and O–H groups in total. The molecule has 20 heavy (non-hydrogen) atoms. The van der Waals surface area contributed by atoms with Crippen molar-refractivity contribution < 1.29 is 21.6 Å². The number of aromatic nitrogens is 1. The Bertz CT molecular complexity index is 825. The van der Waals surface area contributed by atoms with Gasteiger partial charge in [0.1, 0.15) is 0 Å². The molecule has 0 spiro atoms. The number of rotatable bonds is 2. The summed E-state index contributed by atoms with van der Waals surface area (Å²) in [7, 11) is -3.26. The number of pyridine rings is 1. The Morgan fingerprint density at radius 1 is 1.20 bits per heavy atom. The van der Waals surface area contributed by atoms with Crippen molar-refractivity contribution >= 4 is 20.9 Å². The molecule has 0 saturated heterocycles. The van der Waals surface area contributed by atoms with Gasteiger partial charge in [-0.05, 0) is 30.6 Å². The Kier molecular flexibility index (Phi) is 3.34. The predicted molar refractivity (Wildman–Crippen MR) is 65.8 cm³/mol. The van der Waals surface area contributed by atoms with Gasteiger partial charge in [0.2, 0.25) is 15.6 Å². The first-order valence-corrected chi connectivity index (χ1v) is 6.81. The van der Waals surface area contributed by atoms with E-state index in [-0.39, 0.29) is 10.9 Å². The molecule has 9 heteroatoms. The lowest BCUT2D eigenvalue weighted by Gasteiger charge is -2.14. The van der Waals surface area contributed by atoms with Crippen LogP contribution >= 0.6 is 0 Å². The van der Waals surface area contributed by atoms with Crippen molar-refractivity contribution in [3.05, 3.63) is 40.2 Å². The van der Waals surface area contributed by atoms with Crippen LogP contribution < -0.4 is 10.3 Å². The number of halogens is 3. The largest absolute Gasteiger partial charge is 0.417 e. The molecule has 0 aliphatic carbocycles. The van der Waals surface area contributed by atoms with Gasteiger partial charge in [0.05, 0.1) is 10.5 Å². The Hall–Kier alpha value is -1.87. The van der Waals surface area contributed by atoms with Gasteiger partial charge in [-0.1, -0.05) is 0 Å². The molecule has 0 aliphatic heterocycles. The van der Waals surface area contributed by atoms with Gasteiger partial charge in [-0.2, -0.15) is 13.2 Å². The average molecular weight is 306 g/mol. The molecule has 5 nitrogen and oxygen atoms in total. The van der Waals surface area contributed by atoms with Crippen LogP contribution in [0.1, 0.15) is 5.56 Å². The summed E-state index contributed by atoms with van der Waals surface area (Å²) in [5.74, 6) is 0. The minimum absolute atomic E-state index is 0.0834. The number of aromatic amines is 1. The van der Waals surface area contributed by atoms with Crippen molar-refractivity contribution in [1.29, 1.82) is 0 Å². The van der Waals surface area contributed by atoms with Crippen LogP contribution in [-0.2, 0) is 16.2 Å². The highest BCUT2D eigenvalue weighted by Gasteiger charge is 2.37. The molecular weight excluding hydrogens is 297 g/mol. The number of hydrogen-bond donors (Lipinski definition) is 2. The van der Waals surface area contributed by atoms with Crippen molar-refractivity contribution in [3.8, 4) is 0 Å². The molecular formula is C11H9F3N2O3S. The molecule has 0 unspecified atom stereocenters. The first-order chi connectivity index (χ1) is 9.15. The van der Waals surface area contributed by atoms with Gasteiger partial charge in [0, 0.05) is 11.6 Å². The van der Waals surface area contributed by atoms with Crippen molar-refractivity contribution in [1.82, 2.24) is 9.71 Å². The number of alkyl halides is 3. The summed E-state index contributed by atoms with van der Waals surface area (Å²) >= 11 is 0. The van der Waals surface area contributed by atoms with Crippen LogP contribution in [0.15, 0.2) is 34.0 Å². The second-order valence-electron chi connectivity index (χ2n) is 3.96. The standard InChI is InChI=1S/C11H9F3N2O3S/c1-15-20(18,19)9-4-6-2-3-10(17)16-8(6)5-7(9)11(12,13)14/h2-5,15H,1H3,(H,16,17). The lowest BCUT2D eigenvalue weighted by atomic mass is 10.1. The normalized spacial score (nSPS) is 12.8. The zero-order valence-electron chi connectivity index (χ0n) is 10.1. The Balaban J connectivity index is 2.92. The van der Waals surface area contributed by atoms with Crippen LogP contribution in [0, 0.1) is 0 Å². The molecule has 2 rings (SSSR count). The van der Waals surface area contributed by atoms with E-state index in [0.717, 1.165) is 19.2 Å². The number of benzene rings is 1. The highest BCUT2D eigenvalue weighted by atomic mass is 32.2. The van der Waals surface area contributed by atoms with Gasteiger partial charge in [-0.3, -0.25) is 4.79 Å². The zero-order valence-corrected chi connectivity index (χ0v) is 10.9. The van der Waals surface area contributed by atoms with Gasteiger partial charge in [-0.15, -0.1) is 0 Å². The molecule has 1 aromatic heterocycles. The molecule has 2 aromatic rings. The molecule has 108 valence electrons. The number of H-pyrrole nitrogens is 1. The minimum atomic E-state index is -4.86. The highest BCUT2D eigenvalue weighted by molar-refractivity contribution is 7.89. The zero-order chi connectivity index (χ0) is 15.1. The van der Waals surface area contributed by atoms with Gasteiger partial charge >= 0.3 is 6.18 Å². The number of hydrogen-bond acceptors (Lipinski definition) is 3. The maximum Gasteiger partial charge on any atom is 0.417 e. The number of fused-ring (bicyclic) bond motifs is 1. The van der Waals surface area contributed by atoms with Crippen LogP contribution in [0.5, 0.6) is 0 Å². The SMILES string of the molecule is CNS(=O)(=O)c1cc2ccc(=O)[nH]c2cc1C(F)(F)F. The highest BCUT2D eigenvalue weighted by Crippen LogP contribution is 2.36. The maximum atomic E-state index is 13.0. The molecule has 0 amide bonds. The van der Waals surface area contributed by atoms with E-state index >= 15 is 0 Å². The molecule has 0 saturated carbocycles. The third kappa shape index (κ3) is 2.54. The average Bonchev–Trinajstić information content (AvgIpc) is 2.36. The molecule has 0 radical (unpaired) electrons. The number of nitrogens with one attached hydrogen (secondary N) is 2. The van der Waals surface area contributed by atoms with Crippen molar-refractivity contribution in [2.75, 3.05) is 7.05 Å². The fourth-order valence-corrected chi connectivity index (χ4v) is 2.70. The summed E-state index contributed by atoms with van der Waals surface area (Å²) in [4.78, 5) is 12.5. The summed E-state index contributed by atoms with van der Waals surface area (Å²) in [6.45, 7) is 0. The topological polar surface area (TPSA) is 79.0 Å². The summed E-state index contributed by atoms with van der Waals surface area (Å²) in [5.41, 5.74) is -1.99. The van der Waals surface area contributed by atoms with Crippen molar-refractivity contribution in [2.24, 2.45) is 0 Å². The summed E-state index contributed by atoms with van der Waals surface area (Å²) < 4.78 is 64.1. The smallest absolute Gasteiger partial charge is 0.322 e. The van der Waals surface area contributed by atoms with Crippen LogP contribution in [0.3, 0.4) is 0 Å². The Labute approximate surface area is 111 Å². The monoisotopic (exact) mass is 306 g/mol. The second-order valence-corrected chi connectivity index (χ2v) is 5.82. The van der Waals surface area contributed by atoms with E-state index in [0.29, 0.717) is 6.07 Å². The van der Waals surface area contributed by atoms with Gasteiger partial charge in [0.15, 0.2) is 0 Å². The van der Waals surface area contributed by atoms with E-state index in [4.69, 9.17) is 0 Å². The fraction of sp³-hybridized carbons (Fsp3) is 0.182. The summed E-state index contributed by atoms with van der Waals surface area (Å²) in [5, 5.41) is 0.187. The summed E-state index contributed by atoms with van der Waals surface area (Å²) in [6.07, 6.45) is -4.86. The van der Waals surface area contributed by atoms with E-state index in [2.05, 4.69) is 4.98 Å². The van der Waals surface area contributed by atoms with E-state index < -0.39 is 32.2 Å². The molecule has 0 atom stereocenters. The first-order valence-electron chi connectivity index (χ1n) is 5.33. The van der Waals surface area contributed by atoms with Crippen LogP contribution in [0.2, 0.25) is 0 Å². The van der Waals surface area contributed by atoms with E-state index in [9.17, 15) is 26.4 Å². The van der Waals surface area contributed by atoms with E-state index in [1.807, 2.05) is 4.72 Å². The van der Waals surface area contributed by atoms with Crippen LogP contribution in [0.4, 0.5) is 13.2 Å². The van der Waals surface area contributed by atoms with Crippen LogP contribution in [0.25, 0.3) is 10.9 Å². The molecule has 0 fully saturated rings. The molecule has 1 heterocycles. The Morgan fingerprint density at radius 2 is 1.85 bits per heavy atom. The predicted octanol–water partition coefficient (Wildman–Crippen LogP) is 1.45. The van der Waals surface area contributed by atoms with Gasteiger partial charge in [-0.25, -0.2) is 13.1 Å². The molecule has 1 aromatic carbocycles. The van der Waals surface area contributed by atoms with Crippen LogP contribution in [-0.4, -0.2) is 20.4 Å². The lowest BCUT2D eigenvalue weighted by Crippen LogP contribution is -2.23. The maximum absolute atomic E-state index is 13.0. The first kappa shape index (κ1) is 14.5. The minimum Gasteiger partial charge on any atom is -0.322 e. The van der Waals surface area contributed by atoms with E-state index in [1.165, 1.54) is 6.07 Å². The number of sulfonamides is 1. The third-order valence-electron chi connectivity index (χ3n) is 2.69. The molecule has 0 bridgehead atoms. The Morgan fingerprint density at radius 3 is 2.40 bits per heavy atom. The van der Waals surface area contributed by atoms with Crippen molar-refractivity contribution in [2.45, 2.75) is 11.1 Å². The molecule has 0 aliphatic rings. The lowest BCUT2D eigenvalue weighted by molar-refractivity contribution is -0.139. The van der Waals surface area contributed by atoms with Gasteiger partial charge in [0.25, 0.3) is 0 Å². The van der Waals surface area contributed by atoms with Crippen molar-refractivity contribution in [3.63, 3.8) is 0 Å².